The highest BCUT2D eigenvalue weighted by atomic mass is 35.5. The Morgan fingerprint density at radius 1 is 1.27 bits per heavy atom. The molecule has 2 aliphatic rings. The minimum absolute atomic E-state index is 0.124. The molecule has 3 amide bonds. The second-order valence-electron chi connectivity index (χ2n) is 6.13. The van der Waals surface area contributed by atoms with Crippen LogP contribution in [-0.4, -0.2) is 80.3 Å². The highest BCUT2D eigenvalue weighted by Gasteiger charge is 2.53. The van der Waals surface area contributed by atoms with Crippen LogP contribution in [0.25, 0.3) is 0 Å². The molecule has 1 aromatic carbocycles. The van der Waals surface area contributed by atoms with Crippen molar-refractivity contribution in [3.05, 3.63) is 35.9 Å². The van der Waals surface area contributed by atoms with E-state index < -0.39 is 18.2 Å². The van der Waals surface area contributed by atoms with Crippen molar-refractivity contribution in [2.45, 2.75) is 18.7 Å². The topological polar surface area (TPSA) is 76.2 Å². The van der Waals surface area contributed by atoms with Crippen LogP contribution in [0, 0.1) is 0 Å². The van der Waals surface area contributed by atoms with Gasteiger partial charge in [0, 0.05) is 25.7 Å². The van der Waals surface area contributed by atoms with Gasteiger partial charge in [-0.1, -0.05) is 30.3 Å². The molecule has 0 spiro atoms. The van der Waals surface area contributed by atoms with Crippen LogP contribution in [-0.2, 0) is 11.3 Å². The number of aliphatic imine (C=N–C) groups is 1. The molecule has 2 aliphatic heterocycles. The summed E-state index contributed by atoms with van der Waals surface area (Å²) in [5.74, 6) is 0.585. The molecule has 0 radical (unpaired) electrons. The summed E-state index contributed by atoms with van der Waals surface area (Å²) in [7, 11) is 3.08. The number of likely N-dealkylation sites (N-methyl/N-ethyl adjacent to an activating group) is 2. The first kappa shape index (κ1) is 18.9. The lowest BCUT2D eigenvalue weighted by Gasteiger charge is -2.30. The third-order valence-electron chi connectivity index (χ3n) is 4.27. The van der Waals surface area contributed by atoms with E-state index in [9.17, 15) is 14.7 Å². The maximum atomic E-state index is 12.8. The summed E-state index contributed by atoms with van der Waals surface area (Å²) in [5, 5.41) is 10.4. The summed E-state index contributed by atoms with van der Waals surface area (Å²) in [6, 6.07) is 8.68. The second kappa shape index (κ2) is 7.77. The van der Waals surface area contributed by atoms with Gasteiger partial charge >= 0.3 is 11.2 Å². The van der Waals surface area contributed by atoms with E-state index in [1.807, 2.05) is 34.9 Å². The van der Waals surface area contributed by atoms with Gasteiger partial charge in [0.1, 0.15) is 6.54 Å². The Hall–Kier alpha value is -1.90. The number of aliphatic hydroxyl groups is 1. The number of benzene rings is 1. The summed E-state index contributed by atoms with van der Waals surface area (Å²) >= 11 is 7.00. The maximum absolute atomic E-state index is 12.8. The highest BCUT2D eigenvalue weighted by Crippen LogP contribution is 2.24. The van der Waals surface area contributed by atoms with Crippen molar-refractivity contribution in [2.24, 2.45) is 4.99 Å². The minimum Gasteiger partial charge on any atom is -0.391 e. The molecule has 0 aliphatic carbocycles. The van der Waals surface area contributed by atoms with Gasteiger partial charge in [0.25, 0.3) is 17.8 Å². The fourth-order valence-electron chi connectivity index (χ4n) is 2.85. The molecule has 1 N–H and O–H groups in total. The van der Waals surface area contributed by atoms with Crippen molar-refractivity contribution in [1.29, 1.82) is 0 Å². The fraction of sp³-hybridized carbons (Fsp3) is 0.412. The molecule has 2 unspecified atom stereocenters. The van der Waals surface area contributed by atoms with Crippen LogP contribution in [0.3, 0.4) is 0 Å². The van der Waals surface area contributed by atoms with Crippen LogP contribution in [0.5, 0.6) is 0 Å². The van der Waals surface area contributed by atoms with Crippen LogP contribution >= 0.6 is 23.4 Å². The Morgan fingerprint density at radius 3 is 2.62 bits per heavy atom. The number of alkyl halides is 1. The van der Waals surface area contributed by atoms with E-state index in [1.54, 1.807) is 7.05 Å². The van der Waals surface area contributed by atoms with Crippen molar-refractivity contribution in [3.63, 3.8) is 0 Å². The lowest BCUT2D eigenvalue weighted by molar-refractivity contribution is -0.548. The summed E-state index contributed by atoms with van der Waals surface area (Å²) in [6.07, 6.45) is -0.673. The number of carbonyl (C=O) groups excluding carboxylic acids is 2. The van der Waals surface area contributed by atoms with Crippen LogP contribution in [0.15, 0.2) is 35.3 Å². The van der Waals surface area contributed by atoms with Crippen molar-refractivity contribution < 1.29 is 19.3 Å². The molecule has 1 fully saturated rings. The summed E-state index contributed by atoms with van der Waals surface area (Å²) < 4.78 is 1.87. The second-order valence-corrected chi connectivity index (χ2v) is 7.42. The molecule has 0 saturated carbocycles. The van der Waals surface area contributed by atoms with E-state index in [0.29, 0.717) is 23.3 Å². The van der Waals surface area contributed by atoms with Crippen LogP contribution in [0.4, 0.5) is 4.79 Å². The largest absolute Gasteiger partial charge is 0.391 e. The first-order valence-corrected chi connectivity index (χ1v) is 9.64. The number of imide groups is 1. The van der Waals surface area contributed by atoms with E-state index >= 15 is 0 Å². The smallest absolute Gasteiger partial charge is 0.358 e. The zero-order valence-electron chi connectivity index (χ0n) is 14.5. The van der Waals surface area contributed by atoms with E-state index in [4.69, 9.17) is 11.6 Å². The number of amides is 3. The zero-order valence-corrected chi connectivity index (χ0v) is 16.1. The number of hydrogen-bond acceptors (Lipinski definition) is 5. The standard InChI is InChI=1S/C17H20ClN4O3S/c1-20-14-13(15(24)21(2)17(20)25)22(9-11-6-4-3-5-7-11)16(19-14)26-10-12(23)8-18/h3-7,12-13,23H,8-10H2,1-2H3/q+1. The van der Waals surface area contributed by atoms with Crippen molar-refractivity contribution in [3.8, 4) is 0 Å². The van der Waals surface area contributed by atoms with E-state index in [1.165, 1.54) is 23.7 Å². The predicted octanol–water partition coefficient (Wildman–Crippen LogP) is 1.19. The summed E-state index contributed by atoms with van der Waals surface area (Å²) in [6.45, 7) is 0.472. The number of urea groups is 1. The van der Waals surface area contributed by atoms with Crippen LogP contribution < -0.4 is 0 Å². The fourth-order valence-corrected chi connectivity index (χ4v) is 4.04. The van der Waals surface area contributed by atoms with Gasteiger partial charge in [-0.3, -0.25) is 14.6 Å². The van der Waals surface area contributed by atoms with Gasteiger partial charge in [0.15, 0.2) is 0 Å². The number of carbonyl (C=O) groups is 2. The average Bonchev–Trinajstić information content (AvgIpc) is 3.02. The molecular formula is C17H20ClN4O3S+. The number of amidine groups is 2. The van der Waals surface area contributed by atoms with E-state index in [-0.39, 0.29) is 11.8 Å². The van der Waals surface area contributed by atoms with Gasteiger partial charge in [-0.05, 0) is 22.3 Å². The Labute approximate surface area is 160 Å². The summed E-state index contributed by atoms with van der Waals surface area (Å²) in [4.78, 5) is 32.0. The molecule has 3 rings (SSSR count). The lowest BCUT2D eigenvalue weighted by atomic mass is 10.1. The number of aliphatic hydroxyl groups excluding tert-OH is 1. The normalized spacial score (nSPS) is 21.2. The molecule has 138 valence electrons. The van der Waals surface area contributed by atoms with E-state index in [0.717, 1.165) is 10.5 Å². The van der Waals surface area contributed by atoms with E-state index in [2.05, 4.69) is 4.99 Å². The third-order valence-corrected chi connectivity index (χ3v) is 5.76. The Kier molecular flexibility index (Phi) is 5.64. The molecule has 2 heterocycles. The number of thioether (sulfide) groups is 1. The molecule has 0 bridgehead atoms. The molecule has 26 heavy (non-hydrogen) atoms. The molecule has 7 nitrogen and oxygen atoms in total. The molecule has 1 aromatic rings. The molecular weight excluding hydrogens is 376 g/mol. The Bertz CT molecular complexity index is 783. The average molecular weight is 396 g/mol. The van der Waals surface area contributed by atoms with Gasteiger partial charge < -0.3 is 5.11 Å². The number of halogens is 1. The van der Waals surface area contributed by atoms with Gasteiger partial charge in [0.2, 0.25) is 0 Å². The van der Waals surface area contributed by atoms with Crippen molar-refractivity contribution in [2.75, 3.05) is 25.7 Å². The van der Waals surface area contributed by atoms with Gasteiger partial charge in [0.05, 0.1) is 6.10 Å². The third kappa shape index (κ3) is 3.49. The summed E-state index contributed by atoms with van der Waals surface area (Å²) in [5.41, 5.74) is 1.02. The van der Waals surface area contributed by atoms with Gasteiger partial charge in [-0.15, -0.1) is 11.6 Å². The SMILES string of the molecule is CN1C(=O)C2C(=NC(SCC(O)CCl)=[N+]2Cc2ccccc2)N(C)C1=O. The maximum Gasteiger partial charge on any atom is 0.358 e. The number of hydrogen-bond donors (Lipinski definition) is 1. The molecule has 2 atom stereocenters. The molecule has 9 heteroatoms. The molecule has 0 aromatic heterocycles. The number of rotatable bonds is 5. The first-order valence-electron chi connectivity index (χ1n) is 8.12. The number of nitrogens with zero attached hydrogens (tertiary/aromatic N) is 4. The molecule has 1 saturated heterocycles. The van der Waals surface area contributed by atoms with Crippen LogP contribution in [0.2, 0.25) is 0 Å². The number of fused-ring (bicyclic) bond motifs is 1. The minimum atomic E-state index is -0.673. The highest BCUT2D eigenvalue weighted by molar-refractivity contribution is 8.13. The monoisotopic (exact) mass is 395 g/mol. The Balaban J connectivity index is 1.96. The predicted molar refractivity (Wildman–Crippen MR) is 102 cm³/mol. The van der Waals surface area contributed by atoms with Crippen molar-refractivity contribution >= 4 is 46.3 Å². The van der Waals surface area contributed by atoms with Gasteiger partial charge in [-0.25, -0.2) is 9.37 Å². The van der Waals surface area contributed by atoms with Crippen molar-refractivity contribution in [1.82, 2.24) is 9.80 Å². The Morgan fingerprint density at radius 2 is 1.96 bits per heavy atom. The first-order chi connectivity index (χ1) is 12.4. The van der Waals surface area contributed by atoms with Crippen LogP contribution in [0.1, 0.15) is 5.56 Å². The lowest BCUT2D eigenvalue weighted by Crippen LogP contribution is -2.61. The van der Waals surface area contributed by atoms with Gasteiger partial charge in [-0.2, -0.15) is 0 Å². The quantitative estimate of drug-likeness (QED) is 0.600. The zero-order chi connectivity index (χ0) is 18.8.